The van der Waals surface area contributed by atoms with Gasteiger partial charge < -0.3 is 9.73 Å². The molecule has 0 saturated heterocycles. The Morgan fingerprint density at radius 2 is 2.13 bits per heavy atom. The number of nitrogens with zero attached hydrogens (tertiary/aromatic N) is 4. The lowest BCUT2D eigenvalue weighted by Crippen LogP contribution is -2.07. The van der Waals surface area contributed by atoms with Crippen LogP contribution in [0.3, 0.4) is 0 Å². The number of nitrogens with one attached hydrogen (secondary N) is 1. The van der Waals surface area contributed by atoms with Gasteiger partial charge in [-0.1, -0.05) is 11.8 Å². The Kier molecular flexibility index (Phi) is 5.09. The number of ketones is 1. The van der Waals surface area contributed by atoms with Gasteiger partial charge in [-0.05, 0) is 48.0 Å². The lowest BCUT2D eigenvalue weighted by atomic mass is 10.1. The topological polar surface area (TPSA) is 103 Å². The zero-order valence-corrected chi connectivity index (χ0v) is 17.1. The summed E-state index contributed by atoms with van der Waals surface area (Å²) < 4.78 is 7.41. The maximum Gasteiger partial charge on any atom is 0.228 e. The van der Waals surface area contributed by atoms with Gasteiger partial charge >= 0.3 is 0 Å². The molecule has 0 unspecified atom stereocenters. The number of pyridine rings is 1. The summed E-state index contributed by atoms with van der Waals surface area (Å²) in [6.45, 7) is 0.438. The molecule has 9 heteroatoms. The lowest BCUT2D eigenvalue weighted by Gasteiger charge is -2.09. The van der Waals surface area contributed by atoms with Crippen molar-refractivity contribution in [2.75, 3.05) is 11.1 Å². The minimum absolute atomic E-state index is 0.0392. The fourth-order valence-electron chi connectivity index (χ4n) is 3.42. The lowest BCUT2D eigenvalue weighted by molar-refractivity contribution is -0.115. The smallest absolute Gasteiger partial charge is 0.228 e. The number of Topliss-reactive ketones (excluding diaryl/α,β-unsaturated/α-hetero) is 1. The third-order valence-electron chi connectivity index (χ3n) is 4.92. The van der Waals surface area contributed by atoms with Crippen LogP contribution in [0.2, 0.25) is 0 Å². The van der Waals surface area contributed by atoms with Crippen molar-refractivity contribution in [2.24, 2.45) is 0 Å². The van der Waals surface area contributed by atoms with E-state index in [1.54, 1.807) is 36.9 Å². The summed E-state index contributed by atoms with van der Waals surface area (Å²) in [7, 11) is 0. The second-order valence-electron chi connectivity index (χ2n) is 7.02. The van der Waals surface area contributed by atoms with Gasteiger partial charge in [-0.3, -0.25) is 19.1 Å². The van der Waals surface area contributed by atoms with Crippen LogP contribution in [-0.4, -0.2) is 37.2 Å². The maximum absolute atomic E-state index is 12.8. The van der Waals surface area contributed by atoms with Gasteiger partial charge in [0.15, 0.2) is 16.8 Å². The Morgan fingerprint density at radius 1 is 1.19 bits per heavy atom. The standard InChI is InChI=1S/C22H17N5O3S/c28-19(14-5-6-18-16(9-14)10-20(29)24-18)13-31-22-26-25-21(15-3-1-7-23-11-15)27(22)12-17-4-2-8-30-17/h1-9,11H,10,12-13H2,(H,24,29). The molecule has 0 aliphatic carbocycles. The van der Waals surface area contributed by atoms with Gasteiger partial charge in [0.25, 0.3) is 0 Å². The number of rotatable bonds is 7. The second-order valence-corrected chi connectivity index (χ2v) is 7.96. The zero-order valence-electron chi connectivity index (χ0n) is 16.3. The number of carbonyl (C=O) groups excluding carboxylic acids is 2. The van der Waals surface area contributed by atoms with Crippen molar-refractivity contribution in [3.05, 3.63) is 78.0 Å². The molecule has 0 fully saturated rings. The van der Waals surface area contributed by atoms with Crippen molar-refractivity contribution < 1.29 is 14.0 Å². The van der Waals surface area contributed by atoms with E-state index in [4.69, 9.17) is 4.42 Å². The summed E-state index contributed by atoms with van der Waals surface area (Å²) >= 11 is 1.32. The summed E-state index contributed by atoms with van der Waals surface area (Å²) in [6.07, 6.45) is 5.34. The molecule has 5 rings (SSSR count). The Hall–Kier alpha value is -3.72. The first-order valence-electron chi connectivity index (χ1n) is 9.62. The zero-order chi connectivity index (χ0) is 21.2. The molecule has 1 N–H and O–H groups in total. The van der Waals surface area contributed by atoms with E-state index in [1.807, 2.05) is 28.8 Å². The van der Waals surface area contributed by atoms with Gasteiger partial charge in [-0.15, -0.1) is 10.2 Å². The van der Waals surface area contributed by atoms with Crippen molar-refractivity contribution in [1.82, 2.24) is 19.7 Å². The molecule has 1 amide bonds. The highest BCUT2D eigenvalue weighted by molar-refractivity contribution is 7.99. The van der Waals surface area contributed by atoms with Crippen LogP contribution in [0.25, 0.3) is 11.4 Å². The van der Waals surface area contributed by atoms with Crippen LogP contribution >= 0.6 is 11.8 Å². The van der Waals surface area contributed by atoms with Crippen LogP contribution in [0.15, 0.2) is 70.7 Å². The summed E-state index contributed by atoms with van der Waals surface area (Å²) in [6, 6.07) is 12.8. The fraction of sp³-hybridized carbons (Fsp3) is 0.136. The summed E-state index contributed by atoms with van der Waals surface area (Å²) in [5, 5.41) is 12.0. The van der Waals surface area contributed by atoms with Gasteiger partial charge in [-0.25, -0.2) is 0 Å². The fourth-order valence-corrected chi connectivity index (χ4v) is 4.25. The third-order valence-corrected chi connectivity index (χ3v) is 5.88. The van der Waals surface area contributed by atoms with E-state index < -0.39 is 0 Å². The highest BCUT2D eigenvalue weighted by atomic mass is 32.2. The molecule has 31 heavy (non-hydrogen) atoms. The minimum atomic E-state index is -0.0528. The van der Waals surface area contributed by atoms with Crippen molar-refractivity contribution in [1.29, 1.82) is 0 Å². The molecular formula is C22H17N5O3S. The van der Waals surface area contributed by atoms with Crippen molar-refractivity contribution in [2.45, 2.75) is 18.1 Å². The molecule has 4 aromatic rings. The van der Waals surface area contributed by atoms with Crippen LogP contribution in [0, 0.1) is 0 Å². The molecular weight excluding hydrogens is 414 g/mol. The summed E-state index contributed by atoms with van der Waals surface area (Å²) in [5.41, 5.74) is 3.03. The number of amides is 1. The van der Waals surface area contributed by atoms with Crippen LogP contribution < -0.4 is 5.32 Å². The molecule has 0 radical (unpaired) electrons. The molecule has 0 atom stereocenters. The maximum atomic E-state index is 12.8. The van der Waals surface area contributed by atoms with E-state index in [-0.39, 0.29) is 17.4 Å². The Balaban J connectivity index is 1.38. The van der Waals surface area contributed by atoms with E-state index in [0.717, 1.165) is 22.6 Å². The quantitative estimate of drug-likeness (QED) is 0.353. The van der Waals surface area contributed by atoms with Crippen molar-refractivity contribution in [3.63, 3.8) is 0 Å². The van der Waals surface area contributed by atoms with Crippen LogP contribution in [-0.2, 0) is 17.8 Å². The van der Waals surface area contributed by atoms with Crippen LogP contribution in [0.4, 0.5) is 5.69 Å². The second kappa shape index (κ2) is 8.19. The molecule has 4 heterocycles. The molecule has 8 nitrogen and oxygen atoms in total. The molecule has 0 spiro atoms. The number of benzene rings is 1. The highest BCUT2D eigenvalue weighted by Crippen LogP contribution is 2.27. The van der Waals surface area contributed by atoms with E-state index in [2.05, 4.69) is 20.5 Å². The van der Waals surface area contributed by atoms with Crippen LogP contribution in [0.1, 0.15) is 21.7 Å². The summed E-state index contributed by atoms with van der Waals surface area (Å²) in [4.78, 5) is 28.5. The molecule has 1 aliphatic heterocycles. The first-order chi connectivity index (χ1) is 15.2. The van der Waals surface area contributed by atoms with Crippen molar-refractivity contribution in [3.8, 4) is 11.4 Å². The average molecular weight is 431 g/mol. The van der Waals surface area contributed by atoms with Gasteiger partial charge in [0, 0.05) is 29.2 Å². The number of furan rings is 1. The van der Waals surface area contributed by atoms with Gasteiger partial charge in [-0.2, -0.15) is 0 Å². The third kappa shape index (κ3) is 3.99. The molecule has 3 aromatic heterocycles. The Bertz CT molecular complexity index is 1250. The molecule has 1 aliphatic rings. The minimum Gasteiger partial charge on any atom is -0.467 e. The highest BCUT2D eigenvalue weighted by Gasteiger charge is 2.21. The normalized spacial score (nSPS) is 12.6. The van der Waals surface area contributed by atoms with Gasteiger partial charge in [0.05, 0.1) is 25.0 Å². The monoisotopic (exact) mass is 431 g/mol. The average Bonchev–Trinajstić information content (AvgIpc) is 3.52. The van der Waals surface area contributed by atoms with E-state index in [9.17, 15) is 9.59 Å². The van der Waals surface area contributed by atoms with E-state index in [0.29, 0.717) is 29.5 Å². The number of anilines is 1. The van der Waals surface area contributed by atoms with E-state index >= 15 is 0 Å². The number of aromatic nitrogens is 4. The SMILES string of the molecule is O=C1Cc2cc(C(=O)CSc3nnc(-c4cccnc4)n3Cc3ccco3)ccc2N1. The Morgan fingerprint density at radius 3 is 2.94 bits per heavy atom. The van der Waals surface area contributed by atoms with Crippen molar-refractivity contribution >= 4 is 29.1 Å². The number of hydrogen-bond acceptors (Lipinski definition) is 7. The molecule has 154 valence electrons. The molecule has 0 saturated carbocycles. The first-order valence-corrected chi connectivity index (χ1v) is 10.6. The van der Waals surface area contributed by atoms with E-state index in [1.165, 1.54) is 11.8 Å². The largest absolute Gasteiger partial charge is 0.467 e. The van der Waals surface area contributed by atoms with Gasteiger partial charge in [0.2, 0.25) is 5.91 Å². The molecule has 1 aromatic carbocycles. The molecule has 0 bridgehead atoms. The summed E-state index contributed by atoms with van der Waals surface area (Å²) in [5.74, 6) is 1.52. The van der Waals surface area contributed by atoms with Crippen LogP contribution in [0.5, 0.6) is 0 Å². The predicted molar refractivity (Wildman–Crippen MR) is 115 cm³/mol. The predicted octanol–water partition coefficient (Wildman–Crippen LogP) is 3.45. The first kappa shape index (κ1) is 19.3. The van der Waals surface area contributed by atoms with Gasteiger partial charge in [0.1, 0.15) is 5.76 Å². The number of hydrogen-bond donors (Lipinski definition) is 1. The number of carbonyl (C=O) groups is 2. The Labute approximate surface area is 181 Å². The number of thioether (sulfide) groups is 1. The number of fused-ring (bicyclic) bond motifs is 1.